The summed E-state index contributed by atoms with van der Waals surface area (Å²) in [7, 11) is 0. The smallest absolute Gasteiger partial charge is 0.244 e. The fraction of sp³-hybridized carbons (Fsp3) is 0.588. The zero-order valence-corrected chi connectivity index (χ0v) is 13.1. The molecule has 3 atom stereocenters. The maximum Gasteiger partial charge on any atom is 0.244 e. The molecule has 4 nitrogen and oxygen atoms in total. The Balaban J connectivity index is 1.78. The summed E-state index contributed by atoms with van der Waals surface area (Å²) in [5, 5.41) is 0. The molecule has 0 aromatic heterocycles. The Morgan fingerprint density at radius 2 is 2.10 bits per heavy atom. The van der Waals surface area contributed by atoms with Crippen LogP contribution in [-0.2, 0) is 16.0 Å². The topological polar surface area (TPSA) is 32.8 Å². The first-order valence-electron chi connectivity index (χ1n) is 7.84. The van der Waals surface area contributed by atoms with E-state index in [-0.39, 0.29) is 24.1 Å². The standard InChI is InChI=1S/C17H24N2O2/c1-12-10-15-6-4-5-7-16(15)19(12)17(20)14(3)18-8-9-21-13(2)11-18/h4-7,12-14H,8-11H2,1-3H3/t12-,13+,14+/m1/s1. The average Bonchev–Trinajstić information content (AvgIpc) is 2.81. The molecule has 4 heteroatoms. The molecule has 0 unspecified atom stereocenters. The van der Waals surface area contributed by atoms with Crippen LogP contribution in [0.1, 0.15) is 26.3 Å². The van der Waals surface area contributed by atoms with Crippen molar-refractivity contribution in [1.82, 2.24) is 4.90 Å². The molecule has 0 aliphatic carbocycles. The maximum atomic E-state index is 13.0. The van der Waals surface area contributed by atoms with Crippen molar-refractivity contribution < 1.29 is 9.53 Å². The fourth-order valence-electron chi connectivity index (χ4n) is 3.46. The molecule has 0 saturated carbocycles. The van der Waals surface area contributed by atoms with Crippen molar-refractivity contribution in [3.63, 3.8) is 0 Å². The lowest BCUT2D eigenvalue weighted by molar-refractivity contribution is -0.126. The van der Waals surface area contributed by atoms with Gasteiger partial charge in [-0.25, -0.2) is 0 Å². The van der Waals surface area contributed by atoms with Gasteiger partial charge < -0.3 is 9.64 Å². The van der Waals surface area contributed by atoms with E-state index in [4.69, 9.17) is 4.74 Å². The van der Waals surface area contributed by atoms with E-state index in [1.165, 1.54) is 5.56 Å². The quantitative estimate of drug-likeness (QED) is 0.835. The SMILES string of the molecule is C[C@@H]1Cc2ccccc2N1C(=O)[C@H](C)N1CCO[C@@H](C)C1. The van der Waals surface area contributed by atoms with Crippen molar-refractivity contribution in [2.75, 3.05) is 24.6 Å². The molecule has 0 radical (unpaired) electrons. The van der Waals surface area contributed by atoms with Crippen LogP contribution in [0.5, 0.6) is 0 Å². The van der Waals surface area contributed by atoms with E-state index >= 15 is 0 Å². The molecule has 0 spiro atoms. The maximum absolute atomic E-state index is 13.0. The first-order valence-corrected chi connectivity index (χ1v) is 7.84. The molecule has 2 aliphatic rings. The predicted octanol–water partition coefficient (Wildman–Crippen LogP) is 2.07. The number of hydrogen-bond acceptors (Lipinski definition) is 3. The van der Waals surface area contributed by atoms with Gasteiger partial charge in [0.25, 0.3) is 0 Å². The minimum absolute atomic E-state index is 0.0926. The van der Waals surface area contributed by atoms with Gasteiger partial charge in [-0.2, -0.15) is 0 Å². The summed E-state index contributed by atoms with van der Waals surface area (Å²) in [6.07, 6.45) is 1.16. The largest absolute Gasteiger partial charge is 0.376 e. The molecule has 0 bridgehead atoms. The first-order chi connectivity index (χ1) is 10.1. The number of morpholine rings is 1. The van der Waals surface area contributed by atoms with Gasteiger partial charge >= 0.3 is 0 Å². The summed E-state index contributed by atoms with van der Waals surface area (Å²) in [6, 6.07) is 8.40. The number of para-hydroxylation sites is 1. The molecular weight excluding hydrogens is 264 g/mol. The zero-order valence-electron chi connectivity index (χ0n) is 13.1. The first kappa shape index (κ1) is 14.5. The fourth-order valence-corrected chi connectivity index (χ4v) is 3.46. The van der Waals surface area contributed by atoms with E-state index in [2.05, 4.69) is 30.9 Å². The second kappa shape index (κ2) is 5.78. The van der Waals surface area contributed by atoms with E-state index in [0.717, 1.165) is 25.2 Å². The van der Waals surface area contributed by atoms with Crippen LogP contribution in [0.4, 0.5) is 5.69 Å². The summed E-state index contributed by atoms with van der Waals surface area (Å²) in [6.45, 7) is 8.60. The van der Waals surface area contributed by atoms with Gasteiger partial charge in [0.15, 0.2) is 0 Å². The van der Waals surface area contributed by atoms with Gasteiger partial charge in [-0.1, -0.05) is 18.2 Å². The van der Waals surface area contributed by atoms with Crippen molar-refractivity contribution in [2.24, 2.45) is 0 Å². The highest BCUT2D eigenvalue weighted by atomic mass is 16.5. The van der Waals surface area contributed by atoms with Crippen molar-refractivity contribution in [3.05, 3.63) is 29.8 Å². The number of ether oxygens (including phenoxy) is 1. The summed E-state index contributed by atoms with van der Waals surface area (Å²) in [4.78, 5) is 17.2. The number of rotatable bonds is 2. The van der Waals surface area contributed by atoms with Crippen molar-refractivity contribution in [2.45, 2.75) is 45.4 Å². The number of carbonyl (C=O) groups is 1. The summed E-state index contributed by atoms with van der Waals surface area (Å²) in [5.74, 6) is 0.210. The molecule has 2 aliphatic heterocycles. The lowest BCUT2D eigenvalue weighted by Gasteiger charge is -2.37. The van der Waals surface area contributed by atoms with Crippen LogP contribution in [-0.4, -0.2) is 48.7 Å². The number of hydrogen-bond donors (Lipinski definition) is 0. The van der Waals surface area contributed by atoms with Crippen molar-refractivity contribution >= 4 is 11.6 Å². The molecule has 1 saturated heterocycles. The second-order valence-electron chi connectivity index (χ2n) is 6.24. The Bertz CT molecular complexity index is 531. The monoisotopic (exact) mass is 288 g/mol. The molecule has 21 heavy (non-hydrogen) atoms. The highest BCUT2D eigenvalue weighted by Crippen LogP contribution is 2.32. The Hall–Kier alpha value is -1.39. The Morgan fingerprint density at radius 1 is 1.33 bits per heavy atom. The van der Waals surface area contributed by atoms with Crippen LogP contribution in [0.25, 0.3) is 0 Å². The molecule has 1 amide bonds. The normalized spacial score (nSPS) is 27.5. The van der Waals surface area contributed by atoms with Crippen LogP contribution < -0.4 is 4.90 Å². The lowest BCUT2D eigenvalue weighted by Crippen LogP contribution is -2.53. The third-order valence-electron chi connectivity index (χ3n) is 4.62. The highest BCUT2D eigenvalue weighted by molar-refractivity contribution is 5.99. The number of fused-ring (bicyclic) bond motifs is 1. The minimum atomic E-state index is -0.0926. The Morgan fingerprint density at radius 3 is 2.86 bits per heavy atom. The van der Waals surface area contributed by atoms with Gasteiger partial charge in [-0.15, -0.1) is 0 Å². The third kappa shape index (κ3) is 2.70. The number of benzene rings is 1. The number of amides is 1. The van der Waals surface area contributed by atoms with E-state index in [9.17, 15) is 4.79 Å². The number of nitrogens with zero attached hydrogens (tertiary/aromatic N) is 2. The predicted molar refractivity (Wildman–Crippen MR) is 83.5 cm³/mol. The van der Waals surface area contributed by atoms with Gasteiger partial charge in [-0.3, -0.25) is 9.69 Å². The summed E-state index contributed by atoms with van der Waals surface area (Å²) < 4.78 is 5.57. The Kier molecular flexibility index (Phi) is 4.00. The molecule has 2 heterocycles. The van der Waals surface area contributed by atoms with Crippen LogP contribution in [0.15, 0.2) is 24.3 Å². The molecular formula is C17H24N2O2. The van der Waals surface area contributed by atoms with E-state index in [1.807, 2.05) is 24.0 Å². The molecule has 114 valence electrons. The van der Waals surface area contributed by atoms with Crippen LogP contribution >= 0.6 is 0 Å². The van der Waals surface area contributed by atoms with Gasteiger partial charge in [-0.05, 0) is 38.8 Å². The van der Waals surface area contributed by atoms with Gasteiger partial charge in [0.05, 0.1) is 18.8 Å². The van der Waals surface area contributed by atoms with E-state index in [1.54, 1.807) is 0 Å². The Labute approximate surface area is 126 Å². The van der Waals surface area contributed by atoms with Crippen molar-refractivity contribution in [3.8, 4) is 0 Å². The summed E-state index contributed by atoms with van der Waals surface area (Å²) >= 11 is 0. The van der Waals surface area contributed by atoms with E-state index < -0.39 is 0 Å². The van der Waals surface area contributed by atoms with Crippen LogP contribution in [0, 0.1) is 0 Å². The zero-order chi connectivity index (χ0) is 15.0. The summed E-state index contributed by atoms with van der Waals surface area (Å²) in [5.41, 5.74) is 2.36. The molecule has 3 rings (SSSR count). The molecule has 1 fully saturated rings. The van der Waals surface area contributed by atoms with Crippen LogP contribution in [0.3, 0.4) is 0 Å². The molecule has 1 aromatic rings. The minimum Gasteiger partial charge on any atom is -0.376 e. The van der Waals surface area contributed by atoms with Crippen LogP contribution in [0.2, 0.25) is 0 Å². The number of anilines is 1. The van der Waals surface area contributed by atoms with Gasteiger partial charge in [0.2, 0.25) is 5.91 Å². The van der Waals surface area contributed by atoms with Crippen molar-refractivity contribution in [1.29, 1.82) is 0 Å². The lowest BCUT2D eigenvalue weighted by atomic mass is 10.1. The number of carbonyl (C=O) groups excluding carboxylic acids is 1. The van der Waals surface area contributed by atoms with Gasteiger partial charge in [0, 0.05) is 24.8 Å². The van der Waals surface area contributed by atoms with Gasteiger partial charge in [0.1, 0.15) is 0 Å². The van der Waals surface area contributed by atoms with E-state index in [0.29, 0.717) is 6.61 Å². The molecule has 1 aromatic carbocycles. The highest BCUT2D eigenvalue weighted by Gasteiger charge is 2.35. The third-order valence-corrected chi connectivity index (χ3v) is 4.62. The second-order valence-corrected chi connectivity index (χ2v) is 6.24. The molecule has 0 N–H and O–H groups in total. The average molecular weight is 288 g/mol.